The number of aromatic nitrogens is 2. The molecule has 3 aromatic rings. The third-order valence-corrected chi connectivity index (χ3v) is 3.99. The zero-order valence-electron chi connectivity index (χ0n) is 14.4. The Kier molecular flexibility index (Phi) is 5.32. The summed E-state index contributed by atoms with van der Waals surface area (Å²) >= 11 is 0. The lowest BCUT2D eigenvalue weighted by Crippen LogP contribution is -2.22. The Hall–Kier alpha value is -3.40. The van der Waals surface area contributed by atoms with E-state index in [4.69, 9.17) is 11.5 Å². The molecule has 5 N–H and O–H groups in total. The van der Waals surface area contributed by atoms with E-state index in [1.54, 1.807) is 18.2 Å². The van der Waals surface area contributed by atoms with E-state index in [-0.39, 0.29) is 17.9 Å². The molecule has 1 heterocycles. The van der Waals surface area contributed by atoms with Gasteiger partial charge >= 0.3 is 6.36 Å². The Labute approximate surface area is 157 Å². The standard InChI is InChI=1S/C18H16F3N5O2/c19-18(20,21)28-11-6-4-10(5-7-11)14(8-22)26-17-13-3-1-2-12(16(23)27)15(13)24-9-25-17/h1-7,9,14H,8,22H2,(H2,23,27)(H,24,25,26). The van der Waals surface area contributed by atoms with Gasteiger partial charge in [-0.2, -0.15) is 0 Å². The quantitative estimate of drug-likeness (QED) is 0.595. The third kappa shape index (κ3) is 4.29. The van der Waals surface area contributed by atoms with Gasteiger partial charge in [-0.15, -0.1) is 13.2 Å². The summed E-state index contributed by atoms with van der Waals surface area (Å²) in [5.41, 5.74) is 12.5. The summed E-state index contributed by atoms with van der Waals surface area (Å²) in [6.45, 7) is 0.139. The molecular weight excluding hydrogens is 375 g/mol. The van der Waals surface area contributed by atoms with Gasteiger partial charge < -0.3 is 21.5 Å². The predicted octanol–water partition coefficient (Wildman–Crippen LogP) is 2.74. The fraction of sp³-hybridized carbons (Fsp3) is 0.167. The highest BCUT2D eigenvalue weighted by Crippen LogP contribution is 2.28. The summed E-state index contributed by atoms with van der Waals surface area (Å²) in [5, 5.41) is 3.69. The van der Waals surface area contributed by atoms with Gasteiger partial charge in [0, 0.05) is 11.9 Å². The summed E-state index contributed by atoms with van der Waals surface area (Å²) in [4.78, 5) is 19.9. The molecule has 0 saturated heterocycles. The van der Waals surface area contributed by atoms with Gasteiger partial charge in [0.25, 0.3) is 5.91 Å². The summed E-state index contributed by atoms with van der Waals surface area (Å²) < 4.78 is 40.7. The second-order valence-electron chi connectivity index (χ2n) is 5.84. The first-order valence-electron chi connectivity index (χ1n) is 8.14. The van der Waals surface area contributed by atoms with Crippen molar-refractivity contribution in [3.8, 4) is 5.75 Å². The molecule has 0 aliphatic heterocycles. The minimum absolute atomic E-state index is 0.139. The van der Waals surface area contributed by atoms with Gasteiger partial charge in [0.05, 0.1) is 17.1 Å². The normalized spacial score (nSPS) is 12.6. The zero-order valence-corrected chi connectivity index (χ0v) is 14.4. The molecule has 0 aliphatic rings. The zero-order chi connectivity index (χ0) is 20.3. The number of rotatable bonds is 6. The van der Waals surface area contributed by atoms with Crippen molar-refractivity contribution in [2.45, 2.75) is 12.4 Å². The summed E-state index contributed by atoms with van der Waals surface area (Å²) in [7, 11) is 0. The molecule has 1 unspecified atom stereocenters. The molecule has 10 heteroatoms. The van der Waals surface area contributed by atoms with Crippen molar-refractivity contribution in [3.63, 3.8) is 0 Å². The minimum Gasteiger partial charge on any atom is -0.406 e. The topological polar surface area (TPSA) is 116 Å². The van der Waals surface area contributed by atoms with Crippen LogP contribution in [0.2, 0.25) is 0 Å². The number of para-hydroxylation sites is 1. The molecule has 0 aliphatic carbocycles. The summed E-state index contributed by atoms with van der Waals surface area (Å²) in [6.07, 6.45) is -3.48. The van der Waals surface area contributed by atoms with Crippen molar-refractivity contribution in [1.29, 1.82) is 0 Å². The molecule has 1 aromatic heterocycles. The molecule has 0 saturated carbocycles. The first-order chi connectivity index (χ1) is 13.3. The first-order valence-corrected chi connectivity index (χ1v) is 8.14. The van der Waals surface area contributed by atoms with Gasteiger partial charge in [-0.05, 0) is 29.8 Å². The number of hydrogen-bond acceptors (Lipinski definition) is 6. The number of halogens is 3. The van der Waals surface area contributed by atoms with Crippen molar-refractivity contribution in [2.24, 2.45) is 11.5 Å². The van der Waals surface area contributed by atoms with Crippen molar-refractivity contribution < 1.29 is 22.7 Å². The highest BCUT2D eigenvalue weighted by atomic mass is 19.4. The van der Waals surface area contributed by atoms with E-state index in [0.717, 1.165) is 0 Å². The highest BCUT2D eigenvalue weighted by molar-refractivity contribution is 6.06. The van der Waals surface area contributed by atoms with E-state index in [1.165, 1.54) is 30.6 Å². The van der Waals surface area contributed by atoms with Crippen molar-refractivity contribution in [2.75, 3.05) is 11.9 Å². The highest BCUT2D eigenvalue weighted by Gasteiger charge is 2.31. The number of fused-ring (bicyclic) bond motifs is 1. The SMILES string of the molecule is NCC(Nc1ncnc2c(C(N)=O)cccc12)c1ccc(OC(F)(F)F)cc1. The lowest BCUT2D eigenvalue weighted by atomic mass is 10.1. The fourth-order valence-corrected chi connectivity index (χ4v) is 2.75. The largest absolute Gasteiger partial charge is 0.573 e. The molecule has 7 nitrogen and oxygen atoms in total. The number of carbonyl (C=O) groups is 1. The number of carbonyl (C=O) groups excluding carboxylic acids is 1. The van der Waals surface area contributed by atoms with Crippen LogP contribution in [0.25, 0.3) is 10.9 Å². The number of nitrogens with zero attached hydrogens (tertiary/aromatic N) is 2. The van der Waals surface area contributed by atoms with E-state index < -0.39 is 18.3 Å². The fourth-order valence-electron chi connectivity index (χ4n) is 2.75. The number of nitrogens with one attached hydrogen (secondary N) is 1. The van der Waals surface area contributed by atoms with Crippen LogP contribution in [0.5, 0.6) is 5.75 Å². The predicted molar refractivity (Wildman–Crippen MR) is 96.6 cm³/mol. The number of benzene rings is 2. The lowest BCUT2D eigenvalue weighted by Gasteiger charge is -2.19. The van der Waals surface area contributed by atoms with Gasteiger partial charge in [0.2, 0.25) is 0 Å². The molecule has 0 radical (unpaired) electrons. The molecule has 146 valence electrons. The number of hydrogen-bond donors (Lipinski definition) is 3. The van der Waals surface area contributed by atoms with Gasteiger partial charge in [-0.25, -0.2) is 9.97 Å². The molecule has 28 heavy (non-hydrogen) atoms. The van der Waals surface area contributed by atoms with E-state index in [2.05, 4.69) is 20.0 Å². The molecule has 0 fully saturated rings. The van der Waals surface area contributed by atoms with Crippen molar-refractivity contribution >= 4 is 22.6 Å². The molecule has 1 amide bonds. The van der Waals surface area contributed by atoms with Crippen LogP contribution in [-0.2, 0) is 0 Å². The molecule has 0 bridgehead atoms. The monoisotopic (exact) mass is 391 g/mol. The van der Waals surface area contributed by atoms with Crippen LogP contribution in [0.15, 0.2) is 48.8 Å². The first kappa shape index (κ1) is 19.4. The molecular formula is C18H16F3N5O2. The Morgan fingerprint density at radius 3 is 2.46 bits per heavy atom. The van der Waals surface area contributed by atoms with Gasteiger partial charge in [0.1, 0.15) is 17.9 Å². The number of ether oxygens (including phenoxy) is 1. The van der Waals surface area contributed by atoms with Gasteiger partial charge in [-0.1, -0.05) is 18.2 Å². The number of amides is 1. The van der Waals surface area contributed by atoms with Gasteiger partial charge in [-0.3, -0.25) is 4.79 Å². The number of alkyl halides is 3. The van der Waals surface area contributed by atoms with Crippen LogP contribution in [0.4, 0.5) is 19.0 Å². The van der Waals surface area contributed by atoms with E-state index in [0.29, 0.717) is 22.3 Å². The lowest BCUT2D eigenvalue weighted by molar-refractivity contribution is -0.274. The van der Waals surface area contributed by atoms with E-state index >= 15 is 0 Å². The molecule has 1 atom stereocenters. The number of anilines is 1. The summed E-state index contributed by atoms with van der Waals surface area (Å²) in [5.74, 6) is -0.532. The van der Waals surface area contributed by atoms with Crippen LogP contribution in [-0.4, -0.2) is 28.8 Å². The van der Waals surface area contributed by atoms with Crippen LogP contribution < -0.4 is 21.5 Å². The molecule has 0 spiro atoms. The Morgan fingerprint density at radius 2 is 1.86 bits per heavy atom. The smallest absolute Gasteiger partial charge is 0.406 e. The Morgan fingerprint density at radius 1 is 1.14 bits per heavy atom. The maximum absolute atomic E-state index is 12.3. The third-order valence-electron chi connectivity index (χ3n) is 3.99. The number of primary amides is 1. The van der Waals surface area contributed by atoms with Crippen LogP contribution >= 0.6 is 0 Å². The van der Waals surface area contributed by atoms with E-state index in [9.17, 15) is 18.0 Å². The average Bonchev–Trinajstić information content (AvgIpc) is 2.65. The van der Waals surface area contributed by atoms with Gasteiger partial charge in [0.15, 0.2) is 0 Å². The maximum atomic E-state index is 12.3. The van der Waals surface area contributed by atoms with Crippen LogP contribution in [0.1, 0.15) is 22.0 Å². The van der Waals surface area contributed by atoms with Crippen LogP contribution in [0.3, 0.4) is 0 Å². The van der Waals surface area contributed by atoms with Crippen LogP contribution in [0, 0.1) is 0 Å². The molecule has 2 aromatic carbocycles. The van der Waals surface area contributed by atoms with Crippen molar-refractivity contribution in [3.05, 3.63) is 59.9 Å². The second kappa shape index (κ2) is 7.69. The maximum Gasteiger partial charge on any atom is 0.573 e. The Balaban J connectivity index is 1.89. The van der Waals surface area contributed by atoms with E-state index in [1.807, 2.05) is 0 Å². The average molecular weight is 391 g/mol. The Bertz CT molecular complexity index is 993. The number of nitrogens with two attached hydrogens (primary N) is 2. The summed E-state index contributed by atoms with van der Waals surface area (Å²) in [6, 6.07) is 9.84. The molecule has 3 rings (SSSR count). The second-order valence-corrected chi connectivity index (χ2v) is 5.84. The van der Waals surface area contributed by atoms with Crippen molar-refractivity contribution in [1.82, 2.24) is 9.97 Å². The minimum atomic E-state index is -4.76.